The fraction of sp³-hybridized carbons (Fsp3) is 0.350. The Morgan fingerprint density at radius 3 is 2.61 bits per heavy atom. The van der Waals surface area contributed by atoms with Crippen LogP contribution in [0.2, 0.25) is 0 Å². The molecule has 0 radical (unpaired) electrons. The molecular weight excluding hydrogens is 379 g/mol. The average molecular weight is 407 g/mol. The highest BCUT2D eigenvalue weighted by Gasteiger charge is 2.11. The van der Waals surface area contributed by atoms with Crippen LogP contribution in [-0.2, 0) is 23.0 Å². The number of hydrogen-bond acceptors (Lipinski definition) is 3. The van der Waals surface area contributed by atoms with Gasteiger partial charge in [-0.2, -0.15) is 0 Å². The molecule has 0 aliphatic heterocycles. The molecule has 0 aliphatic rings. The number of sulfonamides is 1. The Balaban J connectivity index is 2.01. The Morgan fingerprint density at radius 2 is 1.93 bits per heavy atom. The van der Waals surface area contributed by atoms with Gasteiger partial charge in [0, 0.05) is 13.1 Å². The van der Waals surface area contributed by atoms with Crippen molar-refractivity contribution in [1.29, 1.82) is 0 Å². The zero-order valence-corrected chi connectivity index (χ0v) is 17.2. The maximum Gasteiger partial charge on any atom is 0.240 e. The van der Waals surface area contributed by atoms with Gasteiger partial charge in [-0.3, -0.25) is 0 Å². The van der Waals surface area contributed by atoms with E-state index in [4.69, 9.17) is 0 Å². The molecule has 0 fully saturated rings. The van der Waals surface area contributed by atoms with Crippen molar-refractivity contribution in [2.45, 2.75) is 31.7 Å². The Hall–Kier alpha value is -2.45. The third-order valence-electron chi connectivity index (χ3n) is 4.23. The molecule has 0 bridgehead atoms. The van der Waals surface area contributed by atoms with Crippen LogP contribution >= 0.6 is 0 Å². The van der Waals surface area contributed by atoms with E-state index in [2.05, 4.69) is 20.3 Å². The number of nitrogens with zero attached hydrogens (tertiary/aromatic N) is 1. The fourth-order valence-electron chi connectivity index (χ4n) is 2.70. The molecule has 28 heavy (non-hydrogen) atoms. The van der Waals surface area contributed by atoms with Gasteiger partial charge in [-0.25, -0.2) is 22.5 Å². The Morgan fingerprint density at radius 1 is 1.14 bits per heavy atom. The maximum absolute atomic E-state index is 13.2. The van der Waals surface area contributed by atoms with E-state index in [1.165, 1.54) is 19.2 Å². The van der Waals surface area contributed by atoms with E-state index in [1.807, 2.05) is 19.9 Å². The summed E-state index contributed by atoms with van der Waals surface area (Å²) in [6.45, 7) is 5.56. The Labute approximate surface area is 166 Å². The van der Waals surface area contributed by atoms with Gasteiger partial charge in [0.1, 0.15) is 5.82 Å². The summed E-state index contributed by atoms with van der Waals surface area (Å²) in [6.07, 6.45) is 0.742. The van der Waals surface area contributed by atoms with Crippen molar-refractivity contribution in [3.8, 4) is 0 Å². The smallest absolute Gasteiger partial charge is 0.240 e. The van der Waals surface area contributed by atoms with Gasteiger partial charge in [-0.1, -0.05) is 18.2 Å². The summed E-state index contributed by atoms with van der Waals surface area (Å²) in [6, 6.07) is 11.5. The quantitative estimate of drug-likeness (QED) is 0.464. The summed E-state index contributed by atoms with van der Waals surface area (Å²) >= 11 is 0. The number of benzene rings is 2. The second kappa shape index (κ2) is 10.2. The molecular formula is C20H27FN4O2S. The molecule has 0 aliphatic carbocycles. The van der Waals surface area contributed by atoms with Crippen molar-refractivity contribution in [2.75, 3.05) is 20.1 Å². The van der Waals surface area contributed by atoms with Crippen LogP contribution in [0.15, 0.2) is 52.4 Å². The third-order valence-corrected chi connectivity index (χ3v) is 5.64. The predicted molar refractivity (Wildman–Crippen MR) is 110 cm³/mol. The van der Waals surface area contributed by atoms with Gasteiger partial charge in [-0.05, 0) is 68.3 Å². The minimum absolute atomic E-state index is 0.215. The molecule has 0 spiro atoms. The molecule has 0 saturated carbocycles. The predicted octanol–water partition coefficient (Wildman–Crippen LogP) is 2.34. The van der Waals surface area contributed by atoms with E-state index >= 15 is 0 Å². The average Bonchev–Trinajstić information content (AvgIpc) is 2.68. The van der Waals surface area contributed by atoms with Gasteiger partial charge >= 0.3 is 0 Å². The first-order valence-corrected chi connectivity index (χ1v) is 10.6. The highest BCUT2D eigenvalue weighted by atomic mass is 32.2. The van der Waals surface area contributed by atoms with E-state index in [-0.39, 0.29) is 10.7 Å². The number of rotatable bonds is 8. The van der Waals surface area contributed by atoms with Gasteiger partial charge in [0.25, 0.3) is 0 Å². The van der Waals surface area contributed by atoms with Crippen molar-refractivity contribution in [3.63, 3.8) is 0 Å². The minimum atomic E-state index is -3.48. The number of guanidine groups is 1. The molecule has 0 amide bonds. The molecule has 152 valence electrons. The van der Waals surface area contributed by atoms with E-state index in [0.717, 1.165) is 23.1 Å². The van der Waals surface area contributed by atoms with Crippen molar-refractivity contribution >= 4 is 16.0 Å². The summed E-state index contributed by atoms with van der Waals surface area (Å²) in [5.74, 6) is 0.413. The normalized spacial score (nSPS) is 12.1. The van der Waals surface area contributed by atoms with E-state index < -0.39 is 10.0 Å². The second-order valence-corrected chi connectivity index (χ2v) is 8.18. The molecule has 0 unspecified atom stereocenters. The SMILES string of the molecule is CCNC(=NCc1cccc(S(=O)(=O)NC)c1)NCCc1ccc(F)cc1C. The molecule has 6 nitrogen and oxygen atoms in total. The molecule has 2 aromatic rings. The lowest BCUT2D eigenvalue weighted by atomic mass is 10.1. The molecule has 0 aromatic heterocycles. The van der Waals surface area contributed by atoms with Crippen LogP contribution < -0.4 is 15.4 Å². The lowest BCUT2D eigenvalue weighted by Gasteiger charge is -2.12. The van der Waals surface area contributed by atoms with Crippen LogP contribution in [-0.4, -0.2) is 34.5 Å². The minimum Gasteiger partial charge on any atom is -0.357 e. The summed E-state index contributed by atoms with van der Waals surface area (Å²) in [4.78, 5) is 4.73. The number of aryl methyl sites for hydroxylation is 1. The standard InChI is InChI=1S/C20H27FN4O2S/c1-4-23-20(24-11-10-17-8-9-18(21)12-15(17)2)25-14-16-6-5-7-19(13-16)28(26,27)22-3/h5-9,12-13,22H,4,10-11,14H2,1-3H3,(H2,23,24,25). The first kappa shape index (κ1) is 21.8. The number of aliphatic imine (C=N–C) groups is 1. The molecule has 2 aromatic carbocycles. The van der Waals surface area contributed by atoms with Crippen molar-refractivity contribution in [1.82, 2.24) is 15.4 Å². The monoisotopic (exact) mass is 406 g/mol. The Kier molecular flexibility index (Phi) is 7.95. The van der Waals surface area contributed by atoms with E-state index in [1.54, 1.807) is 24.3 Å². The zero-order valence-electron chi connectivity index (χ0n) is 16.4. The fourth-order valence-corrected chi connectivity index (χ4v) is 3.50. The maximum atomic E-state index is 13.2. The first-order valence-electron chi connectivity index (χ1n) is 9.15. The van der Waals surface area contributed by atoms with E-state index in [9.17, 15) is 12.8 Å². The summed E-state index contributed by atoms with van der Waals surface area (Å²) < 4.78 is 39.4. The molecule has 2 rings (SSSR count). The van der Waals surface area contributed by atoms with Gasteiger partial charge in [0.15, 0.2) is 5.96 Å². The summed E-state index contributed by atoms with van der Waals surface area (Å²) in [5, 5.41) is 6.42. The lowest BCUT2D eigenvalue weighted by molar-refractivity contribution is 0.588. The van der Waals surface area contributed by atoms with Crippen LogP contribution in [0.4, 0.5) is 4.39 Å². The Bertz CT molecular complexity index is 930. The molecule has 0 atom stereocenters. The highest BCUT2D eigenvalue weighted by molar-refractivity contribution is 7.89. The third kappa shape index (κ3) is 6.31. The van der Waals surface area contributed by atoms with Gasteiger partial charge in [-0.15, -0.1) is 0 Å². The highest BCUT2D eigenvalue weighted by Crippen LogP contribution is 2.12. The van der Waals surface area contributed by atoms with Crippen LogP contribution in [0, 0.1) is 12.7 Å². The number of halogens is 1. The number of nitrogens with one attached hydrogen (secondary N) is 3. The van der Waals surface area contributed by atoms with Crippen LogP contribution in [0.5, 0.6) is 0 Å². The summed E-state index contributed by atoms with van der Waals surface area (Å²) in [7, 11) is -2.09. The number of hydrogen-bond donors (Lipinski definition) is 3. The largest absolute Gasteiger partial charge is 0.357 e. The van der Waals surface area contributed by atoms with Crippen molar-refractivity contribution in [2.24, 2.45) is 4.99 Å². The summed E-state index contributed by atoms with van der Waals surface area (Å²) in [5.41, 5.74) is 2.80. The molecule has 0 heterocycles. The zero-order chi connectivity index (χ0) is 20.6. The second-order valence-electron chi connectivity index (χ2n) is 6.30. The molecule has 3 N–H and O–H groups in total. The van der Waals surface area contributed by atoms with Gasteiger partial charge in [0.2, 0.25) is 10.0 Å². The van der Waals surface area contributed by atoms with Gasteiger partial charge < -0.3 is 10.6 Å². The van der Waals surface area contributed by atoms with Crippen LogP contribution in [0.25, 0.3) is 0 Å². The topological polar surface area (TPSA) is 82.6 Å². The lowest BCUT2D eigenvalue weighted by Crippen LogP contribution is -2.38. The van der Waals surface area contributed by atoms with E-state index in [0.29, 0.717) is 25.6 Å². The van der Waals surface area contributed by atoms with Crippen molar-refractivity contribution in [3.05, 3.63) is 65.0 Å². The first-order chi connectivity index (χ1) is 13.4. The van der Waals surface area contributed by atoms with Crippen LogP contribution in [0.3, 0.4) is 0 Å². The van der Waals surface area contributed by atoms with Crippen molar-refractivity contribution < 1.29 is 12.8 Å². The van der Waals surface area contributed by atoms with Gasteiger partial charge in [0.05, 0.1) is 11.4 Å². The van der Waals surface area contributed by atoms with Crippen LogP contribution in [0.1, 0.15) is 23.6 Å². The molecule has 8 heteroatoms. The molecule has 0 saturated heterocycles.